The van der Waals surface area contributed by atoms with E-state index in [1.54, 1.807) is 0 Å². The third kappa shape index (κ3) is 2.24. The first-order valence-electron chi connectivity index (χ1n) is 2.78. The van der Waals surface area contributed by atoms with Crippen molar-refractivity contribution in [3.63, 3.8) is 0 Å². The van der Waals surface area contributed by atoms with Crippen molar-refractivity contribution in [2.24, 2.45) is 0 Å². The highest BCUT2D eigenvalue weighted by Crippen LogP contribution is 2.41. The van der Waals surface area contributed by atoms with Crippen LogP contribution in [0.15, 0.2) is 18.1 Å². The molecule has 0 bridgehead atoms. The molecule has 1 atom stereocenters. The molecule has 0 radical (unpaired) electrons. The second-order valence-corrected chi connectivity index (χ2v) is 2.01. The first-order valence-corrected chi connectivity index (χ1v) is 2.78. The number of allylic oxidation sites excluding steroid dienone is 1. The molecule has 0 saturated heterocycles. The maximum Gasteiger partial charge on any atom is 0.456 e. The molecule has 0 spiro atoms. The minimum Gasteiger partial charge on any atom is -0.232 e. The molecule has 0 N–H and O–H groups in total. The fourth-order valence-corrected chi connectivity index (χ4v) is 0.392. The Morgan fingerprint density at radius 2 is 1.54 bits per heavy atom. The highest BCUT2D eigenvalue weighted by atomic mass is 19.4. The van der Waals surface area contributed by atoms with Crippen molar-refractivity contribution in [3.8, 4) is 0 Å². The van der Waals surface area contributed by atoms with E-state index in [2.05, 4.69) is 6.58 Å². The normalized spacial score (nSPS) is 15.0. The number of alkyl halides is 6. The zero-order valence-electron chi connectivity index (χ0n) is 5.93. The molecule has 0 aliphatic carbocycles. The number of hydrogen-bond acceptors (Lipinski definition) is 0. The summed E-state index contributed by atoms with van der Waals surface area (Å²) in [5.41, 5.74) is 0.988. The van der Waals surface area contributed by atoms with Gasteiger partial charge in [-0.15, -0.1) is 0 Å². The summed E-state index contributed by atoms with van der Waals surface area (Å²) in [6, 6.07) is 0. The molecule has 0 fully saturated rings. The molecule has 0 rings (SSSR count). The van der Waals surface area contributed by atoms with Gasteiger partial charge in [0.2, 0.25) is 6.17 Å². The lowest BCUT2D eigenvalue weighted by Crippen LogP contribution is -2.45. The van der Waals surface area contributed by atoms with Crippen molar-refractivity contribution in [1.82, 2.24) is 0 Å². The van der Waals surface area contributed by atoms with Gasteiger partial charge in [0.05, 0.1) is 0 Å². The minimum absolute atomic E-state index is 0.988. The molecule has 1 unspecified atom stereocenters. The summed E-state index contributed by atoms with van der Waals surface area (Å²) in [6.45, 7) is 2.40. The first kappa shape index (κ1) is 12.0. The monoisotopic (exact) mass is 208 g/mol. The SMILES string of the molecule is C=C=C(F)C(F)C(F)(F)C(F)(F)F. The number of rotatable bonds is 2. The van der Waals surface area contributed by atoms with Crippen LogP contribution in [0.5, 0.6) is 0 Å². The van der Waals surface area contributed by atoms with E-state index in [0.717, 1.165) is 5.73 Å². The summed E-state index contributed by atoms with van der Waals surface area (Å²) >= 11 is 0. The third-order valence-electron chi connectivity index (χ3n) is 1.09. The smallest absolute Gasteiger partial charge is 0.232 e. The fourth-order valence-electron chi connectivity index (χ4n) is 0.392. The van der Waals surface area contributed by atoms with Crippen molar-refractivity contribution < 1.29 is 30.7 Å². The topological polar surface area (TPSA) is 0 Å². The van der Waals surface area contributed by atoms with E-state index in [1.165, 1.54) is 0 Å². The maximum absolute atomic E-state index is 12.1. The molecule has 0 nitrogen and oxygen atoms in total. The van der Waals surface area contributed by atoms with Crippen LogP contribution in [-0.4, -0.2) is 18.3 Å². The van der Waals surface area contributed by atoms with Crippen LogP contribution < -0.4 is 0 Å². The summed E-state index contributed by atoms with van der Waals surface area (Å²) in [5.74, 6) is -8.13. The zero-order valence-corrected chi connectivity index (χ0v) is 5.93. The van der Waals surface area contributed by atoms with Gasteiger partial charge in [-0.25, -0.2) is 4.39 Å². The van der Waals surface area contributed by atoms with Gasteiger partial charge in [0.15, 0.2) is 5.83 Å². The van der Waals surface area contributed by atoms with Crippen LogP contribution in [0.4, 0.5) is 30.7 Å². The molecule has 0 aromatic rings. The van der Waals surface area contributed by atoms with Crippen LogP contribution >= 0.6 is 0 Å². The maximum atomic E-state index is 12.1. The third-order valence-corrected chi connectivity index (χ3v) is 1.09. The Kier molecular flexibility index (Phi) is 3.16. The average molecular weight is 208 g/mol. The molecule has 76 valence electrons. The quantitative estimate of drug-likeness (QED) is 0.483. The Bertz CT molecular complexity index is 232. The van der Waals surface area contributed by atoms with Crippen molar-refractivity contribution in [2.45, 2.75) is 18.3 Å². The van der Waals surface area contributed by atoms with Crippen LogP contribution in [0.3, 0.4) is 0 Å². The van der Waals surface area contributed by atoms with Gasteiger partial charge in [0, 0.05) is 0 Å². The Morgan fingerprint density at radius 1 is 1.15 bits per heavy atom. The van der Waals surface area contributed by atoms with E-state index in [9.17, 15) is 30.7 Å². The predicted octanol–water partition coefficient (Wildman–Crippen LogP) is 3.16. The van der Waals surface area contributed by atoms with Crippen molar-refractivity contribution in [2.75, 3.05) is 0 Å². The van der Waals surface area contributed by atoms with Gasteiger partial charge in [0.25, 0.3) is 0 Å². The fraction of sp³-hybridized carbons (Fsp3) is 0.500. The van der Waals surface area contributed by atoms with E-state index >= 15 is 0 Å². The Labute approximate surface area is 68.3 Å². The highest BCUT2D eigenvalue weighted by Gasteiger charge is 2.64. The molecule has 0 saturated carbocycles. The number of halogens is 7. The second kappa shape index (κ2) is 3.41. The van der Waals surface area contributed by atoms with Crippen LogP contribution in [0.1, 0.15) is 0 Å². The largest absolute Gasteiger partial charge is 0.456 e. The minimum atomic E-state index is -6.14. The highest BCUT2D eigenvalue weighted by molar-refractivity contribution is 5.04. The van der Waals surface area contributed by atoms with E-state index in [1.807, 2.05) is 0 Å². The van der Waals surface area contributed by atoms with Crippen molar-refractivity contribution >= 4 is 0 Å². The van der Waals surface area contributed by atoms with Crippen LogP contribution in [-0.2, 0) is 0 Å². The van der Waals surface area contributed by atoms with Gasteiger partial charge in [0.1, 0.15) is 0 Å². The van der Waals surface area contributed by atoms with E-state index in [0.29, 0.717) is 0 Å². The van der Waals surface area contributed by atoms with Gasteiger partial charge >= 0.3 is 12.1 Å². The van der Waals surface area contributed by atoms with Crippen molar-refractivity contribution in [1.29, 1.82) is 0 Å². The molecular weight excluding hydrogens is 205 g/mol. The summed E-state index contributed by atoms with van der Waals surface area (Å²) in [7, 11) is 0. The molecule has 13 heavy (non-hydrogen) atoms. The van der Waals surface area contributed by atoms with E-state index < -0.39 is 24.1 Å². The standard InChI is InChI=1S/C6H3F7/c1-2-3(7)4(8)5(9,10)6(11,12)13/h4H,1H2. The summed E-state index contributed by atoms with van der Waals surface area (Å²) in [5, 5.41) is 0. The predicted molar refractivity (Wildman–Crippen MR) is 29.7 cm³/mol. The summed E-state index contributed by atoms with van der Waals surface area (Å²) in [6.07, 6.45) is -10.2. The van der Waals surface area contributed by atoms with Gasteiger partial charge in [-0.2, -0.15) is 26.3 Å². The van der Waals surface area contributed by atoms with Gasteiger partial charge < -0.3 is 0 Å². The Hall–Kier alpha value is -0.970. The molecule has 0 aliphatic rings. The lowest BCUT2D eigenvalue weighted by molar-refractivity contribution is -0.300. The lowest BCUT2D eigenvalue weighted by atomic mass is 10.2. The Balaban J connectivity index is 4.96. The molecule has 0 aliphatic heterocycles. The average Bonchev–Trinajstić information content (AvgIpc) is 1.99. The van der Waals surface area contributed by atoms with Gasteiger partial charge in [-0.3, -0.25) is 0 Å². The van der Waals surface area contributed by atoms with Crippen LogP contribution in [0, 0.1) is 0 Å². The lowest BCUT2D eigenvalue weighted by Gasteiger charge is -2.21. The van der Waals surface area contributed by atoms with Crippen LogP contribution in [0.25, 0.3) is 0 Å². The molecule has 0 amide bonds. The molecule has 0 heterocycles. The number of hydrogen-bond donors (Lipinski definition) is 0. The van der Waals surface area contributed by atoms with Crippen molar-refractivity contribution in [3.05, 3.63) is 18.1 Å². The molecule has 0 aromatic carbocycles. The zero-order chi connectivity index (χ0) is 10.9. The Morgan fingerprint density at radius 3 is 1.77 bits per heavy atom. The summed E-state index contributed by atoms with van der Waals surface area (Å²) in [4.78, 5) is 0. The van der Waals surface area contributed by atoms with Gasteiger partial charge in [-0.05, 0) is 0 Å². The second-order valence-electron chi connectivity index (χ2n) is 2.01. The van der Waals surface area contributed by atoms with Crippen LogP contribution in [0.2, 0.25) is 0 Å². The first-order chi connectivity index (χ1) is 5.64. The molecule has 7 heteroatoms. The molecule has 0 aromatic heterocycles. The summed E-state index contributed by atoms with van der Waals surface area (Å²) < 4.78 is 82.0. The van der Waals surface area contributed by atoms with E-state index in [4.69, 9.17) is 0 Å². The van der Waals surface area contributed by atoms with Gasteiger partial charge in [-0.1, -0.05) is 12.3 Å². The molecular formula is C6H3F7. The van der Waals surface area contributed by atoms with E-state index in [-0.39, 0.29) is 0 Å².